The van der Waals surface area contributed by atoms with Crippen LogP contribution in [0, 0.1) is 5.82 Å². The number of hydrogen-bond donors (Lipinski definition) is 2. The van der Waals surface area contributed by atoms with Crippen molar-refractivity contribution >= 4 is 22.8 Å². The fourth-order valence-corrected chi connectivity index (χ4v) is 1.59. The van der Waals surface area contributed by atoms with E-state index in [1.54, 1.807) is 0 Å². The Morgan fingerprint density at radius 3 is 2.82 bits per heavy atom. The van der Waals surface area contributed by atoms with Crippen LogP contribution in [0.3, 0.4) is 0 Å². The highest BCUT2D eigenvalue weighted by molar-refractivity contribution is 5.87. The number of aliphatic carboxylic acids is 1. The monoisotopic (exact) mass is 235 g/mol. The number of benzene rings is 1. The van der Waals surface area contributed by atoms with Crippen LogP contribution >= 0.6 is 0 Å². The summed E-state index contributed by atoms with van der Waals surface area (Å²) < 4.78 is 13.0. The van der Waals surface area contributed by atoms with Crippen molar-refractivity contribution in [1.29, 1.82) is 0 Å². The molecule has 0 amide bonds. The van der Waals surface area contributed by atoms with Crippen molar-refractivity contribution in [3.63, 3.8) is 0 Å². The van der Waals surface area contributed by atoms with Crippen molar-refractivity contribution < 1.29 is 14.3 Å². The minimum atomic E-state index is -1.02. The average Bonchev–Trinajstić information content (AvgIpc) is 2.26. The van der Waals surface area contributed by atoms with Crippen molar-refractivity contribution in [3.8, 4) is 0 Å². The van der Waals surface area contributed by atoms with Crippen LogP contribution in [0.15, 0.2) is 18.2 Å². The van der Waals surface area contributed by atoms with E-state index in [-0.39, 0.29) is 5.95 Å². The van der Waals surface area contributed by atoms with Gasteiger partial charge in [0.05, 0.1) is 17.1 Å². The van der Waals surface area contributed by atoms with Crippen LogP contribution in [0.4, 0.5) is 10.3 Å². The van der Waals surface area contributed by atoms with E-state index in [1.807, 2.05) is 0 Å². The predicted octanol–water partition coefficient (Wildman–Crippen LogP) is 1.54. The zero-order valence-corrected chi connectivity index (χ0v) is 9.01. The Kier molecular flexibility index (Phi) is 2.63. The second-order valence-electron chi connectivity index (χ2n) is 3.69. The van der Waals surface area contributed by atoms with Crippen LogP contribution < -0.4 is 5.73 Å². The maximum absolute atomic E-state index is 13.0. The Morgan fingerprint density at radius 2 is 2.18 bits per heavy atom. The van der Waals surface area contributed by atoms with E-state index < -0.39 is 17.7 Å². The molecule has 2 rings (SSSR count). The van der Waals surface area contributed by atoms with Crippen molar-refractivity contribution in [3.05, 3.63) is 29.7 Å². The molecular formula is C11H10FN3O2. The van der Waals surface area contributed by atoms with Gasteiger partial charge in [-0.25, -0.2) is 14.4 Å². The quantitative estimate of drug-likeness (QED) is 0.824. The van der Waals surface area contributed by atoms with Gasteiger partial charge in [-0.1, -0.05) is 0 Å². The van der Waals surface area contributed by atoms with Gasteiger partial charge in [0.1, 0.15) is 5.82 Å². The fraction of sp³-hybridized carbons (Fsp3) is 0.182. The van der Waals surface area contributed by atoms with Gasteiger partial charge in [-0.05, 0) is 19.1 Å². The van der Waals surface area contributed by atoms with Gasteiger partial charge < -0.3 is 10.8 Å². The molecule has 0 spiro atoms. The molecule has 3 N–H and O–H groups in total. The van der Waals surface area contributed by atoms with Crippen LogP contribution in [0.25, 0.3) is 10.9 Å². The maximum atomic E-state index is 13.0. The third kappa shape index (κ3) is 2.01. The smallest absolute Gasteiger partial charge is 0.312 e. The lowest BCUT2D eigenvalue weighted by Gasteiger charge is -2.09. The molecule has 0 saturated carbocycles. The Morgan fingerprint density at radius 1 is 1.47 bits per heavy atom. The summed E-state index contributed by atoms with van der Waals surface area (Å²) in [5.41, 5.74) is 6.07. The summed E-state index contributed by atoms with van der Waals surface area (Å²) in [6.07, 6.45) is 0. The summed E-state index contributed by atoms with van der Waals surface area (Å²) in [5, 5.41) is 9.46. The molecule has 0 bridgehead atoms. The zero-order chi connectivity index (χ0) is 12.6. The minimum Gasteiger partial charge on any atom is -0.481 e. The third-order valence-electron chi connectivity index (χ3n) is 2.49. The lowest BCUT2D eigenvalue weighted by atomic mass is 10.0. The number of nitrogens with two attached hydrogens (primary N) is 1. The molecule has 1 aromatic carbocycles. The van der Waals surface area contributed by atoms with E-state index in [1.165, 1.54) is 25.1 Å². The van der Waals surface area contributed by atoms with E-state index in [4.69, 9.17) is 10.8 Å². The SMILES string of the molecule is CC(C(=O)O)c1nc(N)nc2cc(F)ccc12. The summed E-state index contributed by atoms with van der Waals surface area (Å²) in [4.78, 5) is 18.7. The lowest BCUT2D eigenvalue weighted by Crippen LogP contribution is -2.12. The average molecular weight is 235 g/mol. The second kappa shape index (κ2) is 3.97. The van der Waals surface area contributed by atoms with Crippen molar-refractivity contribution in [2.75, 3.05) is 5.73 Å². The van der Waals surface area contributed by atoms with Gasteiger partial charge in [-0.2, -0.15) is 0 Å². The normalized spacial score (nSPS) is 12.6. The molecule has 1 unspecified atom stereocenters. The largest absolute Gasteiger partial charge is 0.481 e. The Balaban J connectivity index is 2.74. The van der Waals surface area contributed by atoms with Gasteiger partial charge in [0.25, 0.3) is 0 Å². The van der Waals surface area contributed by atoms with Gasteiger partial charge in [-0.15, -0.1) is 0 Å². The zero-order valence-electron chi connectivity index (χ0n) is 9.01. The standard InChI is InChI=1S/C11H10FN3O2/c1-5(10(16)17)9-7-3-2-6(12)4-8(7)14-11(13)15-9/h2-5H,1H3,(H,16,17)(H2,13,14,15). The van der Waals surface area contributed by atoms with Crippen LogP contribution in [-0.4, -0.2) is 21.0 Å². The first-order chi connectivity index (χ1) is 7.99. The highest BCUT2D eigenvalue weighted by Crippen LogP contribution is 2.24. The highest BCUT2D eigenvalue weighted by Gasteiger charge is 2.19. The van der Waals surface area contributed by atoms with Gasteiger partial charge >= 0.3 is 5.97 Å². The summed E-state index contributed by atoms with van der Waals surface area (Å²) in [6, 6.07) is 3.89. The highest BCUT2D eigenvalue weighted by atomic mass is 19.1. The summed E-state index contributed by atoms with van der Waals surface area (Å²) in [5.74, 6) is -2.36. The number of fused-ring (bicyclic) bond motifs is 1. The summed E-state index contributed by atoms with van der Waals surface area (Å²) >= 11 is 0. The number of halogens is 1. The molecule has 0 radical (unpaired) electrons. The van der Waals surface area contributed by atoms with Gasteiger partial charge in [0.2, 0.25) is 5.95 Å². The first kappa shape index (κ1) is 11.3. The van der Waals surface area contributed by atoms with Crippen molar-refractivity contribution in [2.24, 2.45) is 0 Å². The van der Waals surface area contributed by atoms with E-state index in [9.17, 15) is 9.18 Å². The van der Waals surface area contributed by atoms with E-state index in [0.717, 1.165) is 0 Å². The number of carbonyl (C=O) groups is 1. The minimum absolute atomic E-state index is 0.0637. The maximum Gasteiger partial charge on any atom is 0.312 e. The molecule has 2 aromatic rings. The second-order valence-corrected chi connectivity index (χ2v) is 3.69. The van der Waals surface area contributed by atoms with Crippen LogP contribution in [0.2, 0.25) is 0 Å². The van der Waals surface area contributed by atoms with Crippen molar-refractivity contribution in [2.45, 2.75) is 12.8 Å². The molecule has 1 atom stereocenters. The number of carboxylic acid groups (broad SMARTS) is 1. The lowest BCUT2D eigenvalue weighted by molar-refractivity contribution is -0.138. The van der Waals surface area contributed by atoms with Gasteiger partial charge in [0, 0.05) is 11.5 Å². The molecule has 0 aliphatic heterocycles. The third-order valence-corrected chi connectivity index (χ3v) is 2.49. The molecule has 0 aliphatic carbocycles. The number of aromatic nitrogens is 2. The fourth-order valence-electron chi connectivity index (χ4n) is 1.59. The molecule has 0 fully saturated rings. The Hall–Kier alpha value is -2.24. The molecule has 1 heterocycles. The molecule has 17 heavy (non-hydrogen) atoms. The predicted molar refractivity (Wildman–Crippen MR) is 60.0 cm³/mol. The molecular weight excluding hydrogens is 225 g/mol. The summed E-state index contributed by atoms with van der Waals surface area (Å²) in [7, 11) is 0. The number of carboxylic acids is 1. The molecule has 88 valence electrons. The molecule has 0 saturated heterocycles. The van der Waals surface area contributed by atoms with Crippen LogP contribution in [0.5, 0.6) is 0 Å². The number of anilines is 1. The molecule has 1 aromatic heterocycles. The first-order valence-corrected chi connectivity index (χ1v) is 4.94. The molecule has 5 nitrogen and oxygen atoms in total. The summed E-state index contributed by atoms with van der Waals surface area (Å²) in [6.45, 7) is 1.49. The first-order valence-electron chi connectivity index (χ1n) is 4.94. The van der Waals surface area contributed by atoms with Crippen LogP contribution in [-0.2, 0) is 4.79 Å². The number of hydrogen-bond acceptors (Lipinski definition) is 4. The number of nitrogen functional groups attached to an aromatic ring is 1. The topological polar surface area (TPSA) is 89.1 Å². The Bertz CT molecular complexity index is 595. The van der Waals surface area contributed by atoms with E-state index in [2.05, 4.69) is 9.97 Å². The van der Waals surface area contributed by atoms with Gasteiger partial charge in [-0.3, -0.25) is 4.79 Å². The molecule has 0 aliphatic rings. The van der Waals surface area contributed by atoms with Crippen LogP contribution in [0.1, 0.15) is 18.5 Å². The molecule has 6 heteroatoms. The van der Waals surface area contributed by atoms with Crippen molar-refractivity contribution in [1.82, 2.24) is 9.97 Å². The van der Waals surface area contributed by atoms with E-state index >= 15 is 0 Å². The number of nitrogens with zero attached hydrogens (tertiary/aromatic N) is 2. The Labute approximate surface area is 96.1 Å². The number of rotatable bonds is 2. The van der Waals surface area contributed by atoms with Gasteiger partial charge in [0.15, 0.2) is 0 Å². The van der Waals surface area contributed by atoms with E-state index in [0.29, 0.717) is 16.6 Å².